The number of esters is 1. The third-order valence-electron chi connectivity index (χ3n) is 2.26. The fourth-order valence-electron chi connectivity index (χ4n) is 1.55. The van der Waals surface area contributed by atoms with Crippen LogP contribution in [0.4, 0.5) is 0 Å². The summed E-state index contributed by atoms with van der Waals surface area (Å²) < 4.78 is 5.02. The minimum absolute atomic E-state index is 0.0272. The highest BCUT2D eigenvalue weighted by Crippen LogP contribution is 2.12. The molecule has 0 radical (unpaired) electrons. The molecule has 4 heteroatoms. The molecule has 0 aromatic heterocycles. The van der Waals surface area contributed by atoms with E-state index < -0.39 is 12.1 Å². The number of ether oxygens (including phenoxy) is 1. The van der Waals surface area contributed by atoms with Gasteiger partial charge in [-0.05, 0) is 19.8 Å². The summed E-state index contributed by atoms with van der Waals surface area (Å²) >= 11 is 0. The molecular formula is C10H16O4. The van der Waals surface area contributed by atoms with Gasteiger partial charge >= 0.3 is 5.97 Å². The predicted molar refractivity (Wildman–Crippen MR) is 49.7 cm³/mol. The Kier molecular flexibility index (Phi) is 4.07. The Bertz CT molecular complexity index is 224. The number of cyclic esters (lactones) is 1. The van der Waals surface area contributed by atoms with Crippen LogP contribution in [-0.2, 0) is 14.3 Å². The van der Waals surface area contributed by atoms with E-state index in [0.717, 1.165) is 6.42 Å². The molecule has 0 spiro atoms. The second kappa shape index (κ2) is 5.10. The molecular weight excluding hydrogens is 184 g/mol. The third-order valence-corrected chi connectivity index (χ3v) is 2.26. The minimum atomic E-state index is -0.875. The maximum Gasteiger partial charge on any atom is 0.308 e. The van der Waals surface area contributed by atoms with Crippen LogP contribution in [0.2, 0.25) is 0 Å². The molecule has 0 aromatic rings. The first-order chi connectivity index (χ1) is 6.58. The number of hydrogen-bond donors (Lipinski definition) is 1. The highest BCUT2D eigenvalue weighted by molar-refractivity contribution is 5.80. The van der Waals surface area contributed by atoms with Gasteiger partial charge in [-0.3, -0.25) is 9.59 Å². The first-order valence-electron chi connectivity index (χ1n) is 4.97. The number of aliphatic hydroxyl groups excluding tert-OH is 1. The summed E-state index contributed by atoms with van der Waals surface area (Å²) in [6.45, 7) is 1.80. The van der Waals surface area contributed by atoms with Crippen molar-refractivity contribution in [1.82, 2.24) is 0 Å². The zero-order valence-electron chi connectivity index (χ0n) is 8.36. The number of Topliss-reactive ketones (excluding diaryl/α,β-unsaturated/α-hetero) is 1. The topological polar surface area (TPSA) is 63.6 Å². The van der Waals surface area contributed by atoms with Crippen molar-refractivity contribution in [2.24, 2.45) is 0 Å². The largest absolute Gasteiger partial charge is 0.463 e. The Morgan fingerprint density at radius 3 is 2.79 bits per heavy atom. The van der Waals surface area contributed by atoms with E-state index in [1.807, 2.05) is 0 Å². The summed E-state index contributed by atoms with van der Waals surface area (Å²) in [7, 11) is 0. The lowest BCUT2D eigenvalue weighted by molar-refractivity contribution is -0.151. The first kappa shape index (κ1) is 11.2. The molecule has 0 aromatic carbocycles. The van der Waals surface area contributed by atoms with Crippen molar-refractivity contribution in [3.05, 3.63) is 0 Å². The lowest BCUT2D eigenvalue weighted by Crippen LogP contribution is -2.24. The smallest absolute Gasteiger partial charge is 0.308 e. The highest BCUT2D eigenvalue weighted by atomic mass is 16.5. The number of hydrogen-bond acceptors (Lipinski definition) is 4. The Balaban J connectivity index is 2.53. The second-order valence-electron chi connectivity index (χ2n) is 3.79. The normalized spacial score (nSPS) is 31.0. The van der Waals surface area contributed by atoms with E-state index in [1.165, 1.54) is 0 Å². The van der Waals surface area contributed by atoms with E-state index in [0.29, 0.717) is 12.8 Å². The van der Waals surface area contributed by atoms with Crippen molar-refractivity contribution in [2.45, 2.75) is 51.2 Å². The summed E-state index contributed by atoms with van der Waals surface area (Å²) in [5.41, 5.74) is 0. The summed E-state index contributed by atoms with van der Waals surface area (Å²) in [6.07, 6.45) is 0.882. The van der Waals surface area contributed by atoms with Crippen LogP contribution in [0.15, 0.2) is 0 Å². The first-order valence-corrected chi connectivity index (χ1v) is 4.97. The van der Waals surface area contributed by atoms with Crippen LogP contribution in [0.1, 0.15) is 39.0 Å². The van der Waals surface area contributed by atoms with Crippen LogP contribution in [0, 0.1) is 0 Å². The molecule has 0 saturated carbocycles. The molecule has 2 atom stereocenters. The molecule has 1 aliphatic heterocycles. The maximum absolute atomic E-state index is 11.2. The molecule has 0 aliphatic carbocycles. The van der Waals surface area contributed by atoms with Crippen LogP contribution in [-0.4, -0.2) is 29.1 Å². The van der Waals surface area contributed by atoms with Crippen LogP contribution in [0.3, 0.4) is 0 Å². The van der Waals surface area contributed by atoms with E-state index in [9.17, 15) is 14.7 Å². The van der Waals surface area contributed by atoms with Gasteiger partial charge in [-0.25, -0.2) is 0 Å². The minimum Gasteiger partial charge on any atom is -0.463 e. The second-order valence-corrected chi connectivity index (χ2v) is 3.79. The van der Waals surface area contributed by atoms with Gasteiger partial charge in [0.25, 0.3) is 0 Å². The number of carbonyl (C=O) groups is 2. The van der Waals surface area contributed by atoms with Crippen LogP contribution < -0.4 is 0 Å². The third kappa shape index (κ3) is 3.87. The predicted octanol–water partition coefficient (Wildman–Crippen LogP) is 0.812. The van der Waals surface area contributed by atoms with Crippen molar-refractivity contribution in [3.63, 3.8) is 0 Å². The quantitative estimate of drug-likeness (QED) is 0.588. The van der Waals surface area contributed by atoms with Gasteiger partial charge in [0.2, 0.25) is 0 Å². The van der Waals surface area contributed by atoms with Gasteiger partial charge in [0.1, 0.15) is 5.78 Å². The van der Waals surface area contributed by atoms with Crippen molar-refractivity contribution in [3.8, 4) is 0 Å². The summed E-state index contributed by atoms with van der Waals surface area (Å²) in [6, 6.07) is 0. The van der Waals surface area contributed by atoms with Gasteiger partial charge in [-0.1, -0.05) is 0 Å². The average molecular weight is 200 g/mol. The SMILES string of the molecule is C[C@@H]1CCCC(=O)CC(O)CC(=O)O1. The van der Waals surface area contributed by atoms with Crippen molar-refractivity contribution >= 4 is 11.8 Å². The lowest BCUT2D eigenvalue weighted by Gasteiger charge is -2.17. The number of carbonyl (C=O) groups excluding carboxylic acids is 2. The summed E-state index contributed by atoms with van der Waals surface area (Å²) in [4.78, 5) is 22.3. The van der Waals surface area contributed by atoms with Crippen LogP contribution in [0.25, 0.3) is 0 Å². The van der Waals surface area contributed by atoms with Gasteiger partial charge in [0, 0.05) is 12.8 Å². The Morgan fingerprint density at radius 2 is 2.07 bits per heavy atom. The summed E-state index contributed by atoms with van der Waals surface area (Å²) in [5, 5.41) is 9.34. The standard InChI is InChI=1S/C10H16O4/c1-7-3-2-4-8(11)5-9(12)6-10(13)14-7/h7,9,12H,2-6H2,1H3/t7-,9?/m1/s1. The Labute approximate surface area is 83.2 Å². The van der Waals surface area contributed by atoms with Gasteiger partial charge in [0.05, 0.1) is 18.6 Å². The van der Waals surface area contributed by atoms with Crippen molar-refractivity contribution in [1.29, 1.82) is 0 Å². The molecule has 80 valence electrons. The molecule has 4 nitrogen and oxygen atoms in total. The molecule has 1 unspecified atom stereocenters. The zero-order chi connectivity index (χ0) is 10.6. The Hall–Kier alpha value is -0.900. The van der Waals surface area contributed by atoms with E-state index >= 15 is 0 Å². The molecule has 14 heavy (non-hydrogen) atoms. The number of aliphatic hydroxyl groups is 1. The molecule has 1 fully saturated rings. The Morgan fingerprint density at radius 1 is 1.36 bits per heavy atom. The summed E-state index contributed by atoms with van der Waals surface area (Å²) in [5.74, 6) is -0.390. The highest BCUT2D eigenvalue weighted by Gasteiger charge is 2.19. The molecule has 1 N–H and O–H groups in total. The van der Waals surface area contributed by atoms with Gasteiger partial charge in [-0.2, -0.15) is 0 Å². The monoisotopic (exact) mass is 200 g/mol. The van der Waals surface area contributed by atoms with E-state index in [4.69, 9.17) is 4.74 Å². The molecule has 1 heterocycles. The fraction of sp³-hybridized carbons (Fsp3) is 0.800. The number of rotatable bonds is 0. The van der Waals surface area contributed by atoms with Crippen molar-refractivity contribution < 1.29 is 19.4 Å². The van der Waals surface area contributed by atoms with Crippen LogP contribution >= 0.6 is 0 Å². The van der Waals surface area contributed by atoms with Gasteiger partial charge in [-0.15, -0.1) is 0 Å². The van der Waals surface area contributed by atoms with E-state index in [-0.39, 0.29) is 24.7 Å². The molecule has 0 bridgehead atoms. The van der Waals surface area contributed by atoms with E-state index in [1.54, 1.807) is 6.92 Å². The van der Waals surface area contributed by atoms with Gasteiger partial charge in [0.15, 0.2) is 0 Å². The average Bonchev–Trinajstić information content (AvgIpc) is 2.01. The molecule has 1 aliphatic rings. The molecule has 1 rings (SSSR count). The van der Waals surface area contributed by atoms with Crippen LogP contribution in [0.5, 0.6) is 0 Å². The lowest BCUT2D eigenvalue weighted by atomic mass is 10.0. The van der Waals surface area contributed by atoms with Crippen molar-refractivity contribution in [2.75, 3.05) is 0 Å². The molecule has 1 saturated heterocycles. The maximum atomic E-state index is 11.2. The molecule has 0 amide bonds. The fourth-order valence-corrected chi connectivity index (χ4v) is 1.55. The van der Waals surface area contributed by atoms with E-state index in [2.05, 4.69) is 0 Å². The number of ketones is 1. The zero-order valence-corrected chi connectivity index (χ0v) is 8.36. The van der Waals surface area contributed by atoms with Gasteiger partial charge < -0.3 is 9.84 Å².